The summed E-state index contributed by atoms with van der Waals surface area (Å²) in [4.78, 5) is 6.25. The van der Waals surface area contributed by atoms with Gasteiger partial charge in [0.2, 0.25) is 0 Å². The average Bonchev–Trinajstić information content (AvgIpc) is 2.79. The molecule has 1 aromatic carbocycles. The van der Waals surface area contributed by atoms with Crippen molar-refractivity contribution in [1.82, 2.24) is 10.2 Å². The van der Waals surface area contributed by atoms with Gasteiger partial charge in [0.1, 0.15) is 0 Å². The van der Waals surface area contributed by atoms with E-state index in [4.69, 9.17) is 11.6 Å². The van der Waals surface area contributed by atoms with Crippen LogP contribution in [-0.2, 0) is 16.4 Å². The lowest BCUT2D eigenvalue weighted by atomic mass is 10.1. The van der Waals surface area contributed by atoms with Gasteiger partial charge in [-0.15, -0.1) is 24.0 Å². The third kappa shape index (κ3) is 6.46. The summed E-state index contributed by atoms with van der Waals surface area (Å²) in [5.41, 5.74) is 1.10. The van der Waals surface area contributed by atoms with Crippen LogP contribution >= 0.6 is 35.6 Å². The van der Waals surface area contributed by atoms with E-state index < -0.39 is 9.84 Å². The van der Waals surface area contributed by atoms with E-state index in [2.05, 4.69) is 10.3 Å². The molecule has 130 valence electrons. The van der Waals surface area contributed by atoms with Crippen LogP contribution in [0.5, 0.6) is 0 Å². The van der Waals surface area contributed by atoms with Crippen LogP contribution in [0, 0.1) is 5.92 Å². The van der Waals surface area contributed by atoms with Crippen LogP contribution in [0.3, 0.4) is 0 Å². The van der Waals surface area contributed by atoms with Gasteiger partial charge in [-0.1, -0.05) is 23.7 Å². The van der Waals surface area contributed by atoms with Crippen LogP contribution in [0.2, 0.25) is 5.02 Å². The SMILES string of the molecule is CN=C(NCC1CCS(=O)(=O)C1)N(C)Cc1cccc(Cl)c1.I. The molecule has 2 rings (SSSR count). The minimum Gasteiger partial charge on any atom is -0.356 e. The molecule has 0 aromatic heterocycles. The Morgan fingerprint density at radius 3 is 2.78 bits per heavy atom. The summed E-state index contributed by atoms with van der Waals surface area (Å²) in [7, 11) is 0.839. The molecule has 1 aliphatic rings. The highest BCUT2D eigenvalue weighted by atomic mass is 127. The van der Waals surface area contributed by atoms with Crippen molar-refractivity contribution >= 4 is 51.4 Å². The van der Waals surface area contributed by atoms with E-state index in [0.717, 1.165) is 17.9 Å². The summed E-state index contributed by atoms with van der Waals surface area (Å²) in [6, 6.07) is 7.71. The Bertz CT molecular complexity index is 652. The first kappa shape index (κ1) is 20.5. The predicted octanol–water partition coefficient (Wildman–Crippen LogP) is 2.40. The molecular weight excluding hydrogens is 449 g/mol. The molecule has 5 nitrogen and oxygen atoms in total. The monoisotopic (exact) mass is 471 g/mol. The maximum absolute atomic E-state index is 11.5. The maximum Gasteiger partial charge on any atom is 0.193 e. The summed E-state index contributed by atoms with van der Waals surface area (Å²) in [5, 5.41) is 3.98. The Morgan fingerprint density at radius 1 is 1.48 bits per heavy atom. The fourth-order valence-electron chi connectivity index (χ4n) is 2.64. The molecule has 1 saturated heterocycles. The minimum absolute atomic E-state index is 0. The Kier molecular flexibility index (Phi) is 8.09. The molecule has 0 amide bonds. The van der Waals surface area contributed by atoms with Crippen molar-refractivity contribution in [2.75, 3.05) is 32.1 Å². The van der Waals surface area contributed by atoms with E-state index in [9.17, 15) is 8.42 Å². The van der Waals surface area contributed by atoms with Crippen LogP contribution in [0.4, 0.5) is 0 Å². The second kappa shape index (κ2) is 9.08. The van der Waals surface area contributed by atoms with Crippen LogP contribution < -0.4 is 5.32 Å². The number of nitrogens with one attached hydrogen (secondary N) is 1. The summed E-state index contributed by atoms with van der Waals surface area (Å²) in [6.07, 6.45) is 0.727. The minimum atomic E-state index is -2.83. The van der Waals surface area contributed by atoms with Crippen LogP contribution in [0.25, 0.3) is 0 Å². The van der Waals surface area contributed by atoms with Gasteiger partial charge in [0.05, 0.1) is 11.5 Å². The molecule has 1 atom stereocenters. The molecule has 1 aliphatic heterocycles. The standard InChI is InChI=1S/C15H22ClN3O2S.HI/c1-17-15(18-9-13-6-7-22(20,21)11-13)19(2)10-12-4-3-5-14(16)8-12;/h3-5,8,13H,6-7,9-11H2,1-2H3,(H,17,18);1H. The number of hydrogen-bond donors (Lipinski definition) is 1. The smallest absolute Gasteiger partial charge is 0.193 e. The van der Waals surface area contributed by atoms with Crippen molar-refractivity contribution in [2.24, 2.45) is 10.9 Å². The lowest BCUT2D eigenvalue weighted by Crippen LogP contribution is -2.40. The summed E-state index contributed by atoms with van der Waals surface area (Å²) < 4.78 is 23.0. The van der Waals surface area contributed by atoms with E-state index in [1.807, 2.05) is 36.2 Å². The Morgan fingerprint density at radius 2 is 2.22 bits per heavy atom. The lowest BCUT2D eigenvalue weighted by Gasteiger charge is -2.23. The normalized spacial score (nSPS) is 20.0. The number of nitrogens with zero attached hydrogens (tertiary/aromatic N) is 2. The topological polar surface area (TPSA) is 61.8 Å². The first-order valence-electron chi connectivity index (χ1n) is 7.26. The molecule has 1 N–H and O–H groups in total. The van der Waals surface area contributed by atoms with E-state index in [1.165, 1.54) is 0 Å². The Labute approximate surface area is 160 Å². The molecule has 1 fully saturated rings. The zero-order valence-corrected chi connectivity index (χ0v) is 17.2. The fourth-order valence-corrected chi connectivity index (χ4v) is 4.71. The second-order valence-electron chi connectivity index (χ2n) is 5.68. The van der Waals surface area contributed by atoms with Crippen LogP contribution in [0.15, 0.2) is 29.3 Å². The molecule has 8 heteroatoms. The van der Waals surface area contributed by atoms with Crippen molar-refractivity contribution in [3.05, 3.63) is 34.9 Å². The zero-order valence-electron chi connectivity index (χ0n) is 13.3. The molecule has 23 heavy (non-hydrogen) atoms. The molecule has 0 aliphatic carbocycles. The Hall–Kier alpha value is -0.540. The van der Waals surface area contributed by atoms with Crippen LogP contribution in [0.1, 0.15) is 12.0 Å². The van der Waals surface area contributed by atoms with Gasteiger partial charge >= 0.3 is 0 Å². The number of sulfone groups is 1. The third-order valence-electron chi connectivity index (χ3n) is 3.76. The Balaban J connectivity index is 0.00000264. The van der Waals surface area contributed by atoms with E-state index >= 15 is 0 Å². The summed E-state index contributed by atoms with van der Waals surface area (Å²) in [6.45, 7) is 1.31. The van der Waals surface area contributed by atoms with Gasteiger partial charge in [0.25, 0.3) is 0 Å². The number of guanidine groups is 1. The van der Waals surface area contributed by atoms with Crippen molar-refractivity contribution in [2.45, 2.75) is 13.0 Å². The maximum atomic E-state index is 11.5. The first-order valence-corrected chi connectivity index (χ1v) is 9.46. The number of benzene rings is 1. The van der Waals surface area contributed by atoms with Gasteiger partial charge in [0, 0.05) is 32.2 Å². The van der Waals surface area contributed by atoms with E-state index in [0.29, 0.717) is 23.9 Å². The highest BCUT2D eigenvalue weighted by Crippen LogP contribution is 2.17. The first-order chi connectivity index (χ1) is 10.4. The van der Waals surface area contributed by atoms with Gasteiger partial charge in [-0.05, 0) is 30.0 Å². The highest BCUT2D eigenvalue weighted by Gasteiger charge is 2.27. The van der Waals surface area contributed by atoms with Crippen LogP contribution in [-0.4, -0.2) is 51.4 Å². The van der Waals surface area contributed by atoms with Crippen molar-refractivity contribution < 1.29 is 8.42 Å². The van der Waals surface area contributed by atoms with Crippen molar-refractivity contribution in [1.29, 1.82) is 0 Å². The van der Waals surface area contributed by atoms with Crippen molar-refractivity contribution in [3.63, 3.8) is 0 Å². The molecule has 1 aromatic rings. The van der Waals surface area contributed by atoms with E-state index in [-0.39, 0.29) is 35.6 Å². The van der Waals surface area contributed by atoms with Gasteiger partial charge in [-0.2, -0.15) is 0 Å². The fraction of sp³-hybridized carbons (Fsp3) is 0.533. The number of rotatable bonds is 4. The predicted molar refractivity (Wildman–Crippen MR) is 106 cm³/mol. The van der Waals surface area contributed by atoms with Gasteiger partial charge in [-0.25, -0.2) is 8.42 Å². The quantitative estimate of drug-likeness (QED) is 0.416. The van der Waals surface area contributed by atoms with Gasteiger partial charge in [-0.3, -0.25) is 4.99 Å². The molecule has 0 saturated carbocycles. The molecule has 0 spiro atoms. The van der Waals surface area contributed by atoms with Gasteiger partial charge in [0.15, 0.2) is 15.8 Å². The average molecular weight is 472 g/mol. The highest BCUT2D eigenvalue weighted by molar-refractivity contribution is 14.0. The number of hydrogen-bond acceptors (Lipinski definition) is 3. The third-order valence-corrected chi connectivity index (χ3v) is 5.83. The molecule has 0 bridgehead atoms. The van der Waals surface area contributed by atoms with Gasteiger partial charge < -0.3 is 10.2 Å². The molecule has 1 unspecified atom stereocenters. The van der Waals surface area contributed by atoms with Crippen molar-refractivity contribution in [3.8, 4) is 0 Å². The summed E-state index contributed by atoms with van der Waals surface area (Å²) in [5.74, 6) is 1.50. The number of halogens is 2. The largest absolute Gasteiger partial charge is 0.356 e. The number of aliphatic imine (C=N–C) groups is 1. The second-order valence-corrected chi connectivity index (χ2v) is 8.35. The molecular formula is C15H23ClIN3O2S. The lowest BCUT2D eigenvalue weighted by molar-refractivity contribution is 0.463. The molecule has 1 heterocycles. The molecule has 0 radical (unpaired) electrons. The zero-order chi connectivity index (χ0) is 16.2. The van der Waals surface area contributed by atoms with E-state index in [1.54, 1.807) is 7.05 Å². The summed E-state index contributed by atoms with van der Waals surface area (Å²) >= 11 is 5.99.